The third kappa shape index (κ3) is 4.18. The number of aromatic nitrogens is 2. The molecule has 0 aliphatic rings. The first kappa shape index (κ1) is 21.1. The van der Waals surface area contributed by atoms with Crippen molar-refractivity contribution < 1.29 is 14.3 Å². The Labute approximate surface area is 198 Å². The van der Waals surface area contributed by atoms with Crippen LogP contribution in [0.2, 0.25) is 0 Å². The molecular formula is C25H19N3O3S2. The van der Waals surface area contributed by atoms with Crippen LogP contribution in [0.15, 0.2) is 72.8 Å². The Morgan fingerprint density at radius 1 is 0.818 bits per heavy atom. The molecule has 164 valence electrons. The van der Waals surface area contributed by atoms with Gasteiger partial charge in [0, 0.05) is 23.3 Å². The predicted octanol–water partition coefficient (Wildman–Crippen LogP) is 6.41. The summed E-state index contributed by atoms with van der Waals surface area (Å²) >= 11 is 2.80. The third-order valence-corrected chi connectivity index (χ3v) is 6.93. The summed E-state index contributed by atoms with van der Waals surface area (Å²) in [7, 11) is 3.21. The van der Waals surface area contributed by atoms with Crippen LogP contribution in [-0.4, -0.2) is 30.0 Å². The van der Waals surface area contributed by atoms with E-state index in [-0.39, 0.29) is 5.78 Å². The van der Waals surface area contributed by atoms with Gasteiger partial charge < -0.3 is 14.8 Å². The molecule has 0 radical (unpaired) electrons. The number of hydrogen-bond acceptors (Lipinski definition) is 8. The number of hydrogen-bond donors (Lipinski definition) is 1. The fourth-order valence-corrected chi connectivity index (χ4v) is 5.33. The quantitative estimate of drug-likeness (QED) is 0.275. The van der Waals surface area contributed by atoms with Gasteiger partial charge in [-0.15, -0.1) is 0 Å². The first-order valence-corrected chi connectivity index (χ1v) is 11.7. The van der Waals surface area contributed by atoms with Crippen molar-refractivity contribution in [1.29, 1.82) is 0 Å². The monoisotopic (exact) mass is 473 g/mol. The molecule has 0 bridgehead atoms. The lowest BCUT2D eigenvalue weighted by molar-refractivity contribution is 0.104. The first-order chi connectivity index (χ1) is 16.2. The molecule has 0 fully saturated rings. The minimum atomic E-state index is -0.0567. The van der Waals surface area contributed by atoms with E-state index in [1.807, 2.05) is 72.8 Å². The van der Waals surface area contributed by atoms with Crippen LogP contribution in [0.25, 0.3) is 21.5 Å². The summed E-state index contributed by atoms with van der Waals surface area (Å²) in [5.74, 6) is 1.22. The molecule has 0 saturated carbocycles. The number of carbonyl (C=O) groups is 1. The van der Waals surface area contributed by atoms with Gasteiger partial charge in [-0.05, 0) is 0 Å². The lowest BCUT2D eigenvalue weighted by atomic mass is 10.1. The lowest BCUT2D eigenvalue weighted by Crippen LogP contribution is -2.00. The molecule has 5 rings (SSSR count). The molecule has 1 N–H and O–H groups in total. The van der Waals surface area contributed by atoms with Gasteiger partial charge in [0.15, 0.2) is 21.8 Å². The number of methoxy groups -OCH3 is 2. The Morgan fingerprint density at radius 3 is 2.15 bits per heavy atom. The summed E-state index contributed by atoms with van der Waals surface area (Å²) in [4.78, 5) is 23.3. The largest absolute Gasteiger partial charge is 0.493 e. The summed E-state index contributed by atoms with van der Waals surface area (Å²) in [6.07, 6.45) is 0. The lowest BCUT2D eigenvalue weighted by Gasteiger charge is -2.05. The zero-order valence-electron chi connectivity index (χ0n) is 17.9. The van der Waals surface area contributed by atoms with Gasteiger partial charge in [-0.1, -0.05) is 83.3 Å². The molecule has 2 heterocycles. The average Bonchev–Trinajstić information content (AvgIpc) is 3.47. The maximum Gasteiger partial charge on any atom is 0.205 e. The number of rotatable bonds is 7. The van der Waals surface area contributed by atoms with Crippen molar-refractivity contribution in [2.45, 2.75) is 0 Å². The molecule has 8 heteroatoms. The zero-order chi connectivity index (χ0) is 22.8. The van der Waals surface area contributed by atoms with Crippen molar-refractivity contribution in [1.82, 2.24) is 9.97 Å². The minimum absolute atomic E-state index is 0.0567. The number of ether oxygens (including phenoxy) is 2. The summed E-state index contributed by atoms with van der Waals surface area (Å²) in [6.45, 7) is 0. The molecule has 0 aliphatic heterocycles. The Balaban J connectivity index is 1.54. The SMILES string of the molecule is COc1cc2nc(Nc3nc(-c4ccccc4)c(C(=O)c4ccccc4)s3)sc2cc1OC. The Kier molecular flexibility index (Phi) is 5.77. The minimum Gasteiger partial charge on any atom is -0.493 e. The van der Waals surface area contributed by atoms with E-state index in [1.165, 1.54) is 22.7 Å². The van der Waals surface area contributed by atoms with E-state index in [1.54, 1.807) is 14.2 Å². The second-order valence-corrected chi connectivity index (χ2v) is 9.11. The summed E-state index contributed by atoms with van der Waals surface area (Å²) in [6, 6.07) is 22.7. The number of anilines is 2. The summed E-state index contributed by atoms with van der Waals surface area (Å²) in [5.41, 5.74) is 2.96. The maximum atomic E-state index is 13.3. The number of fused-ring (bicyclic) bond motifs is 1. The van der Waals surface area contributed by atoms with Gasteiger partial charge in [0.25, 0.3) is 0 Å². The molecule has 0 spiro atoms. The molecule has 0 saturated heterocycles. The highest BCUT2D eigenvalue weighted by Crippen LogP contribution is 2.39. The molecule has 3 aromatic carbocycles. The van der Waals surface area contributed by atoms with Gasteiger partial charge in [0.1, 0.15) is 4.88 Å². The Hall–Kier alpha value is -3.75. The molecule has 0 unspecified atom stereocenters. The molecule has 0 amide bonds. The van der Waals surface area contributed by atoms with Crippen LogP contribution < -0.4 is 14.8 Å². The number of nitrogens with zero attached hydrogens (tertiary/aromatic N) is 2. The van der Waals surface area contributed by atoms with Gasteiger partial charge in [-0.2, -0.15) is 0 Å². The second-order valence-electron chi connectivity index (χ2n) is 7.08. The van der Waals surface area contributed by atoms with Crippen molar-refractivity contribution in [3.63, 3.8) is 0 Å². The second kappa shape index (κ2) is 9.01. The average molecular weight is 474 g/mol. The number of nitrogens with one attached hydrogen (secondary N) is 1. The third-order valence-electron chi connectivity index (χ3n) is 5.02. The van der Waals surface area contributed by atoms with Gasteiger partial charge >= 0.3 is 0 Å². The van der Waals surface area contributed by atoms with Crippen molar-refractivity contribution in [3.05, 3.63) is 83.2 Å². The van der Waals surface area contributed by atoms with E-state index in [4.69, 9.17) is 14.5 Å². The highest BCUT2D eigenvalue weighted by Gasteiger charge is 2.21. The molecule has 5 aromatic rings. The van der Waals surface area contributed by atoms with Crippen LogP contribution in [0.4, 0.5) is 10.3 Å². The van der Waals surface area contributed by atoms with Crippen molar-refractivity contribution in [2.75, 3.05) is 19.5 Å². The topological polar surface area (TPSA) is 73.3 Å². The maximum absolute atomic E-state index is 13.3. The fraction of sp³-hybridized carbons (Fsp3) is 0.0800. The first-order valence-electron chi connectivity index (χ1n) is 10.1. The molecule has 2 aromatic heterocycles. The van der Waals surface area contributed by atoms with E-state index in [9.17, 15) is 4.79 Å². The highest BCUT2D eigenvalue weighted by molar-refractivity contribution is 7.23. The number of carbonyl (C=O) groups excluding carboxylic acids is 1. The van der Waals surface area contributed by atoms with Crippen molar-refractivity contribution in [2.24, 2.45) is 0 Å². The van der Waals surface area contributed by atoms with E-state index < -0.39 is 0 Å². The standard InChI is InChI=1S/C25H19N3O3S2/c1-30-18-13-17-20(14-19(18)31-2)32-24(26-17)28-25-27-21(15-9-5-3-6-10-15)23(33-25)22(29)16-11-7-4-8-12-16/h3-14H,1-2H3,(H,26,27,28). The number of ketones is 1. The number of thiazole rings is 2. The van der Waals surface area contributed by atoms with Gasteiger partial charge in [0.05, 0.1) is 30.1 Å². The Morgan fingerprint density at radius 2 is 1.45 bits per heavy atom. The van der Waals surface area contributed by atoms with Crippen LogP contribution in [0.5, 0.6) is 11.5 Å². The van der Waals surface area contributed by atoms with Crippen LogP contribution in [0.1, 0.15) is 15.2 Å². The molecular weight excluding hydrogens is 454 g/mol. The van der Waals surface area contributed by atoms with Crippen molar-refractivity contribution in [3.8, 4) is 22.8 Å². The van der Waals surface area contributed by atoms with E-state index >= 15 is 0 Å². The molecule has 0 atom stereocenters. The van der Waals surface area contributed by atoms with Crippen molar-refractivity contribution >= 4 is 48.9 Å². The van der Waals surface area contributed by atoms with Crippen LogP contribution in [0, 0.1) is 0 Å². The smallest absolute Gasteiger partial charge is 0.205 e. The number of benzene rings is 3. The van der Waals surface area contributed by atoms with E-state index in [0.29, 0.717) is 37.9 Å². The van der Waals surface area contributed by atoms with Crippen LogP contribution >= 0.6 is 22.7 Å². The van der Waals surface area contributed by atoms with Gasteiger partial charge in [0.2, 0.25) is 5.78 Å². The summed E-state index contributed by atoms with van der Waals surface area (Å²) < 4.78 is 11.7. The van der Waals surface area contributed by atoms with Crippen LogP contribution in [-0.2, 0) is 0 Å². The zero-order valence-corrected chi connectivity index (χ0v) is 19.5. The fourth-order valence-electron chi connectivity index (χ4n) is 3.44. The van der Waals surface area contributed by atoms with Crippen LogP contribution in [0.3, 0.4) is 0 Å². The normalized spacial score (nSPS) is 10.8. The van der Waals surface area contributed by atoms with E-state index in [2.05, 4.69) is 10.3 Å². The van der Waals surface area contributed by atoms with E-state index in [0.717, 1.165) is 15.8 Å². The Bertz CT molecular complexity index is 1390. The predicted molar refractivity (Wildman–Crippen MR) is 133 cm³/mol. The molecule has 6 nitrogen and oxygen atoms in total. The highest BCUT2D eigenvalue weighted by atomic mass is 32.1. The van der Waals surface area contributed by atoms with Gasteiger partial charge in [-0.3, -0.25) is 4.79 Å². The molecule has 0 aliphatic carbocycles. The van der Waals surface area contributed by atoms with Gasteiger partial charge in [-0.25, -0.2) is 9.97 Å². The molecule has 33 heavy (non-hydrogen) atoms. The summed E-state index contributed by atoms with van der Waals surface area (Å²) in [5, 5.41) is 4.56.